The molecule has 0 aliphatic carbocycles. The molecule has 0 unspecified atom stereocenters. The molecule has 1 nitrogen and oxygen atoms in total. The minimum absolute atomic E-state index is 0.0481. The van der Waals surface area contributed by atoms with Gasteiger partial charge in [-0.1, -0.05) is 57.2 Å². The van der Waals surface area contributed by atoms with Gasteiger partial charge in [0.15, 0.2) is 0 Å². The Hall–Kier alpha value is -1.76. The molecule has 25 heavy (non-hydrogen) atoms. The Morgan fingerprint density at radius 3 is 1.56 bits per heavy atom. The molecule has 0 aliphatic rings. The van der Waals surface area contributed by atoms with Crippen LogP contribution in [0.4, 0.5) is 5.69 Å². The van der Waals surface area contributed by atoms with E-state index in [2.05, 4.69) is 116 Å². The van der Waals surface area contributed by atoms with Crippen LogP contribution in [-0.2, 0) is 5.41 Å². The minimum Gasteiger partial charge on any atom is -0.362 e. The van der Waals surface area contributed by atoms with Gasteiger partial charge in [0.25, 0.3) is 0 Å². The van der Waals surface area contributed by atoms with E-state index in [1.807, 2.05) is 0 Å². The van der Waals surface area contributed by atoms with Crippen molar-refractivity contribution in [1.82, 2.24) is 0 Å². The summed E-state index contributed by atoms with van der Waals surface area (Å²) in [4.78, 5) is 2.56. The zero-order valence-corrected chi connectivity index (χ0v) is 17.6. The second kappa shape index (κ2) is 6.52. The minimum atomic E-state index is 0.0481. The lowest BCUT2D eigenvalue weighted by molar-refractivity contribution is 0.377. The highest BCUT2D eigenvalue weighted by Gasteiger charge is 2.34. The molecule has 0 bridgehead atoms. The molecule has 0 saturated carbocycles. The summed E-state index contributed by atoms with van der Waals surface area (Å²) in [5.74, 6) is 0. The van der Waals surface area contributed by atoms with Gasteiger partial charge < -0.3 is 4.90 Å². The predicted octanol–water partition coefficient (Wildman–Crippen LogP) is 7.05. The second-order valence-electron chi connectivity index (χ2n) is 10.0. The largest absolute Gasteiger partial charge is 0.362 e. The molecule has 0 fully saturated rings. The molecule has 2 aromatic carbocycles. The van der Waals surface area contributed by atoms with Gasteiger partial charge in [0.2, 0.25) is 0 Å². The molecular formula is C24H35N. The maximum atomic E-state index is 2.56. The van der Waals surface area contributed by atoms with E-state index in [0.29, 0.717) is 0 Å². The van der Waals surface area contributed by atoms with E-state index in [-0.39, 0.29) is 16.5 Å². The van der Waals surface area contributed by atoms with Crippen LogP contribution in [0.15, 0.2) is 48.5 Å². The molecule has 1 heteroatoms. The third-order valence-corrected chi connectivity index (χ3v) is 4.49. The topological polar surface area (TPSA) is 3.24 Å². The highest BCUT2D eigenvalue weighted by Crippen LogP contribution is 2.41. The summed E-state index contributed by atoms with van der Waals surface area (Å²) in [6, 6.07) is 17.6. The van der Waals surface area contributed by atoms with E-state index in [1.54, 1.807) is 0 Å². The molecule has 0 N–H and O–H groups in total. The van der Waals surface area contributed by atoms with Crippen molar-refractivity contribution in [3.05, 3.63) is 54.1 Å². The normalized spacial score (nSPS) is 13.0. The first kappa shape index (κ1) is 19.6. The van der Waals surface area contributed by atoms with E-state index < -0.39 is 0 Å². The van der Waals surface area contributed by atoms with Gasteiger partial charge in [0.05, 0.1) is 0 Å². The Balaban J connectivity index is 2.70. The quantitative estimate of drug-likeness (QED) is 0.567. The maximum absolute atomic E-state index is 2.56. The highest BCUT2D eigenvalue weighted by atomic mass is 15.2. The zero-order chi connectivity index (χ0) is 19.0. The molecule has 0 radical (unpaired) electrons. The lowest BCUT2D eigenvalue weighted by atomic mass is 9.81. The number of hydrogen-bond donors (Lipinski definition) is 0. The summed E-state index contributed by atoms with van der Waals surface area (Å²) >= 11 is 0. The number of anilines is 1. The van der Waals surface area contributed by atoms with Crippen LogP contribution in [-0.4, -0.2) is 11.1 Å². The summed E-state index contributed by atoms with van der Waals surface area (Å²) in [7, 11) is 0. The molecule has 0 aliphatic heterocycles. The first-order valence-corrected chi connectivity index (χ1v) is 9.32. The van der Waals surface area contributed by atoms with Gasteiger partial charge in [0, 0.05) is 16.8 Å². The number of hydrogen-bond acceptors (Lipinski definition) is 1. The molecular weight excluding hydrogens is 302 g/mol. The van der Waals surface area contributed by atoms with Crippen LogP contribution in [0.1, 0.15) is 67.9 Å². The van der Waals surface area contributed by atoms with Gasteiger partial charge in [-0.05, 0) is 75.8 Å². The molecule has 0 atom stereocenters. The number of rotatable bonds is 2. The van der Waals surface area contributed by atoms with Gasteiger partial charge in [0.1, 0.15) is 0 Å². The molecule has 2 aromatic rings. The smallest absolute Gasteiger partial charge is 0.0413 e. The van der Waals surface area contributed by atoms with Gasteiger partial charge >= 0.3 is 0 Å². The van der Waals surface area contributed by atoms with Crippen molar-refractivity contribution in [3.8, 4) is 11.1 Å². The van der Waals surface area contributed by atoms with Crippen LogP contribution < -0.4 is 4.90 Å². The van der Waals surface area contributed by atoms with Crippen LogP contribution in [0.2, 0.25) is 0 Å². The number of benzene rings is 2. The van der Waals surface area contributed by atoms with Crippen molar-refractivity contribution < 1.29 is 0 Å². The monoisotopic (exact) mass is 337 g/mol. The summed E-state index contributed by atoms with van der Waals surface area (Å²) in [6.07, 6.45) is 0. The van der Waals surface area contributed by atoms with E-state index in [4.69, 9.17) is 0 Å². The fraction of sp³-hybridized carbons (Fsp3) is 0.500. The standard InChI is InChI=1S/C24H35N/c1-22(2,3)20-17-19(18-13-11-10-12-14-18)15-16-21(20)25(23(4,5)6)24(7,8)9/h10-17H,1-9H3. The molecule has 136 valence electrons. The Kier molecular flexibility index (Phi) is 5.10. The average molecular weight is 338 g/mol. The summed E-state index contributed by atoms with van der Waals surface area (Å²) in [6.45, 7) is 20.7. The number of nitrogens with zero attached hydrogens (tertiary/aromatic N) is 1. The molecule has 0 spiro atoms. The van der Waals surface area contributed by atoms with Gasteiger partial charge in [-0.3, -0.25) is 0 Å². The van der Waals surface area contributed by atoms with Crippen LogP contribution in [0, 0.1) is 0 Å². The average Bonchev–Trinajstić information content (AvgIpc) is 2.44. The van der Waals surface area contributed by atoms with Crippen molar-refractivity contribution >= 4 is 5.69 Å². The summed E-state index contributed by atoms with van der Waals surface area (Å²) in [5, 5.41) is 0. The molecule has 0 aromatic heterocycles. The van der Waals surface area contributed by atoms with Crippen molar-refractivity contribution in [2.24, 2.45) is 0 Å². The first-order valence-electron chi connectivity index (χ1n) is 9.32. The fourth-order valence-corrected chi connectivity index (χ4v) is 3.87. The Bertz CT molecular complexity index is 692. The third kappa shape index (κ3) is 4.45. The van der Waals surface area contributed by atoms with Gasteiger partial charge in [-0.25, -0.2) is 0 Å². The Labute approximate surface area is 155 Å². The SMILES string of the molecule is CC(C)(C)c1cc(-c2ccccc2)ccc1N(C(C)(C)C)C(C)(C)C. The van der Waals surface area contributed by atoms with Crippen LogP contribution in [0.5, 0.6) is 0 Å². The Morgan fingerprint density at radius 1 is 0.600 bits per heavy atom. The highest BCUT2D eigenvalue weighted by molar-refractivity contribution is 5.71. The van der Waals surface area contributed by atoms with Crippen molar-refractivity contribution in [3.63, 3.8) is 0 Å². The lowest BCUT2D eigenvalue weighted by Crippen LogP contribution is -2.53. The van der Waals surface area contributed by atoms with Crippen molar-refractivity contribution in [1.29, 1.82) is 0 Å². The fourth-order valence-electron chi connectivity index (χ4n) is 3.87. The molecule has 0 heterocycles. The van der Waals surface area contributed by atoms with E-state index in [0.717, 1.165) is 0 Å². The third-order valence-electron chi connectivity index (χ3n) is 4.49. The maximum Gasteiger partial charge on any atom is 0.0413 e. The first-order chi connectivity index (χ1) is 11.3. The van der Waals surface area contributed by atoms with Crippen LogP contribution in [0.3, 0.4) is 0 Å². The second-order valence-corrected chi connectivity index (χ2v) is 10.0. The summed E-state index contributed by atoms with van der Waals surface area (Å²) in [5.41, 5.74) is 5.48. The Morgan fingerprint density at radius 2 is 1.12 bits per heavy atom. The molecule has 0 saturated heterocycles. The van der Waals surface area contributed by atoms with E-state index >= 15 is 0 Å². The molecule has 2 rings (SSSR count). The van der Waals surface area contributed by atoms with Gasteiger partial charge in [-0.15, -0.1) is 0 Å². The molecule has 0 amide bonds. The summed E-state index contributed by atoms with van der Waals surface area (Å²) < 4.78 is 0. The van der Waals surface area contributed by atoms with Gasteiger partial charge in [-0.2, -0.15) is 0 Å². The van der Waals surface area contributed by atoms with E-state index in [9.17, 15) is 0 Å². The van der Waals surface area contributed by atoms with Crippen molar-refractivity contribution in [2.45, 2.75) is 78.8 Å². The predicted molar refractivity (Wildman–Crippen MR) is 113 cm³/mol. The zero-order valence-electron chi connectivity index (χ0n) is 17.6. The van der Waals surface area contributed by atoms with E-state index in [1.165, 1.54) is 22.4 Å². The van der Waals surface area contributed by atoms with Crippen LogP contribution >= 0.6 is 0 Å². The van der Waals surface area contributed by atoms with Crippen LogP contribution in [0.25, 0.3) is 11.1 Å². The van der Waals surface area contributed by atoms with Crippen molar-refractivity contribution in [2.75, 3.05) is 4.90 Å². The lowest BCUT2D eigenvalue weighted by Gasteiger charge is -2.49.